The van der Waals surface area contributed by atoms with Gasteiger partial charge >= 0.3 is 0 Å². The van der Waals surface area contributed by atoms with Crippen LogP contribution >= 0.6 is 0 Å². The minimum absolute atomic E-state index is 0.0596. The van der Waals surface area contributed by atoms with Crippen LogP contribution in [0.5, 0.6) is 0 Å². The van der Waals surface area contributed by atoms with Gasteiger partial charge in [-0.2, -0.15) is 0 Å². The third-order valence-electron chi connectivity index (χ3n) is 5.07. The van der Waals surface area contributed by atoms with E-state index in [9.17, 15) is 9.18 Å². The van der Waals surface area contributed by atoms with E-state index in [2.05, 4.69) is 15.1 Å². The van der Waals surface area contributed by atoms with Gasteiger partial charge in [-0.1, -0.05) is 30.3 Å². The first-order valence-electron chi connectivity index (χ1n) is 9.30. The van der Waals surface area contributed by atoms with Gasteiger partial charge in [-0.25, -0.2) is 4.39 Å². The van der Waals surface area contributed by atoms with E-state index >= 15 is 0 Å². The number of rotatable bonds is 4. The van der Waals surface area contributed by atoms with Crippen molar-refractivity contribution in [2.45, 2.75) is 13.0 Å². The molecule has 1 amide bonds. The molecule has 28 heavy (non-hydrogen) atoms. The van der Waals surface area contributed by atoms with Crippen molar-refractivity contribution < 1.29 is 13.6 Å². The molecule has 0 aliphatic carbocycles. The Morgan fingerprint density at radius 3 is 2.39 bits per heavy atom. The molecule has 2 aromatic carbocycles. The topological polar surface area (TPSA) is 62.5 Å². The van der Waals surface area contributed by atoms with Gasteiger partial charge in [0.2, 0.25) is 11.8 Å². The summed E-state index contributed by atoms with van der Waals surface area (Å²) in [6, 6.07) is 15.7. The second kappa shape index (κ2) is 7.90. The molecule has 1 aliphatic rings. The van der Waals surface area contributed by atoms with Crippen LogP contribution in [0.25, 0.3) is 11.5 Å². The zero-order valence-electron chi connectivity index (χ0n) is 15.6. The van der Waals surface area contributed by atoms with E-state index in [0.29, 0.717) is 38.0 Å². The molecule has 7 heteroatoms. The number of halogens is 1. The first-order chi connectivity index (χ1) is 13.6. The van der Waals surface area contributed by atoms with E-state index in [1.54, 1.807) is 17.0 Å². The first-order valence-corrected chi connectivity index (χ1v) is 9.30. The third kappa shape index (κ3) is 3.66. The normalized spacial score (nSPS) is 16.1. The summed E-state index contributed by atoms with van der Waals surface area (Å²) in [7, 11) is 0. The Labute approximate surface area is 162 Å². The van der Waals surface area contributed by atoms with Crippen LogP contribution in [-0.2, 0) is 0 Å². The zero-order valence-corrected chi connectivity index (χ0v) is 15.6. The van der Waals surface area contributed by atoms with E-state index in [1.165, 1.54) is 12.1 Å². The Morgan fingerprint density at radius 2 is 1.68 bits per heavy atom. The lowest BCUT2D eigenvalue weighted by Gasteiger charge is -2.36. The van der Waals surface area contributed by atoms with Gasteiger partial charge in [0, 0.05) is 31.7 Å². The van der Waals surface area contributed by atoms with Crippen LogP contribution in [0.3, 0.4) is 0 Å². The smallest absolute Gasteiger partial charge is 0.256 e. The number of carbonyl (C=O) groups is 1. The number of amides is 1. The van der Waals surface area contributed by atoms with Crippen LogP contribution in [0.2, 0.25) is 0 Å². The van der Waals surface area contributed by atoms with E-state index in [1.807, 2.05) is 37.3 Å². The van der Waals surface area contributed by atoms with Crippen molar-refractivity contribution >= 4 is 5.91 Å². The van der Waals surface area contributed by atoms with Gasteiger partial charge in [0.05, 0.1) is 11.6 Å². The molecule has 1 unspecified atom stereocenters. The molecule has 2 heterocycles. The maximum Gasteiger partial charge on any atom is 0.256 e. The van der Waals surface area contributed by atoms with E-state index in [4.69, 9.17) is 4.42 Å². The summed E-state index contributed by atoms with van der Waals surface area (Å²) < 4.78 is 19.7. The standard InChI is InChI=1S/C21H21FN4O2/c1-15(19-23-24-20(28-19)16-7-3-2-4-8-16)25-11-13-26(14-12-25)21(27)17-9-5-6-10-18(17)22/h2-10,15H,11-14H2,1H3. The number of aromatic nitrogens is 2. The maximum absolute atomic E-state index is 13.9. The van der Waals surface area contributed by atoms with Crippen LogP contribution in [-0.4, -0.2) is 52.1 Å². The fraction of sp³-hybridized carbons (Fsp3) is 0.286. The molecule has 0 radical (unpaired) electrons. The number of hydrogen-bond donors (Lipinski definition) is 0. The molecule has 1 fully saturated rings. The molecule has 1 aliphatic heterocycles. The number of nitrogens with zero attached hydrogens (tertiary/aromatic N) is 4. The van der Waals surface area contributed by atoms with Crippen molar-refractivity contribution in [2.24, 2.45) is 0 Å². The Morgan fingerprint density at radius 1 is 1.00 bits per heavy atom. The molecule has 1 atom stereocenters. The molecule has 0 N–H and O–H groups in total. The zero-order chi connectivity index (χ0) is 19.5. The largest absolute Gasteiger partial charge is 0.419 e. The highest BCUT2D eigenvalue weighted by molar-refractivity contribution is 5.94. The Kier molecular flexibility index (Phi) is 5.16. The highest BCUT2D eigenvalue weighted by Crippen LogP contribution is 2.25. The molecule has 0 saturated carbocycles. The van der Waals surface area contributed by atoms with Gasteiger partial charge in [-0.15, -0.1) is 10.2 Å². The van der Waals surface area contributed by atoms with Crippen LogP contribution in [0.1, 0.15) is 29.2 Å². The number of carbonyl (C=O) groups excluding carboxylic acids is 1. The lowest BCUT2D eigenvalue weighted by molar-refractivity contribution is 0.0555. The highest BCUT2D eigenvalue weighted by atomic mass is 19.1. The van der Waals surface area contributed by atoms with E-state index in [-0.39, 0.29) is 17.5 Å². The van der Waals surface area contributed by atoms with Crippen LogP contribution in [0.4, 0.5) is 4.39 Å². The summed E-state index contributed by atoms with van der Waals surface area (Å²) in [6.45, 7) is 4.37. The average molecular weight is 380 g/mol. The number of piperazine rings is 1. The predicted octanol–water partition coefficient (Wildman–Crippen LogP) is 3.39. The monoisotopic (exact) mass is 380 g/mol. The van der Waals surface area contributed by atoms with Crippen molar-refractivity contribution in [3.8, 4) is 11.5 Å². The third-order valence-corrected chi connectivity index (χ3v) is 5.07. The fourth-order valence-electron chi connectivity index (χ4n) is 3.37. The maximum atomic E-state index is 13.9. The molecular formula is C21H21FN4O2. The molecular weight excluding hydrogens is 359 g/mol. The quantitative estimate of drug-likeness (QED) is 0.694. The molecule has 3 aromatic rings. The van der Waals surface area contributed by atoms with Gasteiger partial charge in [0.15, 0.2) is 0 Å². The van der Waals surface area contributed by atoms with Crippen molar-refractivity contribution in [1.29, 1.82) is 0 Å². The summed E-state index contributed by atoms with van der Waals surface area (Å²) in [5.41, 5.74) is 1.00. The van der Waals surface area contributed by atoms with E-state index in [0.717, 1.165) is 5.56 Å². The first kappa shape index (κ1) is 18.3. The summed E-state index contributed by atoms with van der Waals surface area (Å²) in [5, 5.41) is 8.34. The van der Waals surface area contributed by atoms with Crippen molar-refractivity contribution in [2.75, 3.05) is 26.2 Å². The van der Waals surface area contributed by atoms with Crippen LogP contribution in [0.15, 0.2) is 59.0 Å². The predicted molar refractivity (Wildman–Crippen MR) is 102 cm³/mol. The molecule has 144 valence electrons. The molecule has 0 spiro atoms. The summed E-state index contributed by atoms with van der Waals surface area (Å²) in [6.07, 6.45) is 0. The summed E-state index contributed by atoms with van der Waals surface area (Å²) in [4.78, 5) is 16.4. The lowest BCUT2D eigenvalue weighted by atomic mass is 10.1. The van der Waals surface area contributed by atoms with Crippen molar-refractivity contribution in [1.82, 2.24) is 20.0 Å². The highest BCUT2D eigenvalue weighted by Gasteiger charge is 2.28. The molecule has 1 saturated heterocycles. The van der Waals surface area contributed by atoms with Gasteiger partial charge in [0.25, 0.3) is 5.91 Å². The van der Waals surface area contributed by atoms with Gasteiger partial charge in [0.1, 0.15) is 5.82 Å². The minimum atomic E-state index is -0.484. The Bertz CT molecular complexity index is 952. The van der Waals surface area contributed by atoms with Crippen molar-refractivity contribution in [3.05, 3.63) is 71.9 Å². The molecule has 6 nitrogen and oxygen atoms in total. The number of benzene rings is 2. The molecule has 1 aromatic heterocycles. The van der Waals surface area contributed by atoms with Gasteiger partial charge in [-0.05, 0) is 31.2 Å². The minimum Gasteiger partial charge on any atom is -0.419 e. The second-order valence-electron chi connectivity index (χ2n) is 6.80. The SMILES string of the molecule is CC(c1nnc(-c2ccccc2)o1)N1CCN(C(=O)c2ccccc2F)CC1. The Hall–Kier alpha value is -3.06. The lowest BCUT2D eigenvalue weighted by Crippen LogP contribution is -2.49. The van der Waals surface area contributed by atoms with Gasteiger partial charge < -0.3 is 9.32 Å². The van der Waals surface area contributed by atoms with Crippen molar-refractivity contribution in [3.63, 3.8) is 0 Å². The summed E-state index contributed by atoms with van der Waals surface area (Å²) >= 11 is 0. The van der Waals surface area contributed by atoms with E-state index < -0.39 is 5.82 Å². The second-order valence-corrected chi connectivity index (χ2v) is 6.80. The number of hydrogen-bond acceptors (Lipinski definition) is 5. The van der Waals surface area contributed by atoms with Crippen LogP contribution in [0, 0.1) is 5.82 Å². The molecule has 0 bridgehead atoms. The van der Waals surface area contributed by atoms with Gasteiger partial charge in [-0.3, -0.25) is 9.69 Å². The average Bonchev–Trinajstić information content (AvgIpc) is 3.24. The summed E-state index contributed by atoms with van der Waals surface area (Å²) in [5.74, 6) is 0.292. The van der Waals surface area contributed by atoms with Crippen LogP contribution < -0.4 is 0 Å². The fourth-order valence-corrected chi connectivity index (χ4v) is 3.37. The Balaban J connectivity index is 1.39. The molecule has 4 rings (SSSR count).